The Balaban J connectivity index is 1.56. The first-order chi connectivity index (χ1) is 10.3. The van der Waals surface area contributed by atoms with Crippen LogP contribution in [0.2, 0.25) is 5.02 Å². The molecule has 21 heavy (non-hydrogen) atoms. The molecule has 0 atom stereocenters. The van der Waals surface area contributed by atoms with Gasteiger partial charge in [0.05, 0.1) is 30.5 Å². The highest BCUT2D eigenvalue weighted by Crippen LogP contribution is 2.19. The van der Waals surface area contributed by atoms with Crippen molar-refractivity contribution < 1.29 is 9.64 Å². The zero-order valence-corrected chi connectivity index (χ0v) is 13.5. The second kappa shape index (κ2) is 9.04. The number of nitrogens with one attached hydrogen (secondary N) is 4. The minimum Gasteiger partial charge on any atom is -0.370 e. The van der Waals surface area contributed by atoms with Crippen molar-refractivity contribution >= 4 is 34.6 Å². The number of quaternary nitrogens is 1. The summed E-state index contributed by atoms with van der Waals surface area (Å²) in [7, 11) is 0. The van der Waals surface area contributed by atoms with Crippen molar-refractivity contribution in [3.8, 4) is 0 Å². The SMILES string of the molecule is S=C(NCCC[NH+]1CCOCC1)NNc1ccccc1Cl. The van der Waals surface area contributed by atoms with E-state index in [0.29, 0.717) is 10.1 Å². The summed E-state index contributed by atoms with van der Waals surface area (Å²) in [5, 5.41) is 4.41. The van der Waals surface area contributed by atoms with E-state index >= 15 is 0 Å². The number of hydrogen-bond donors (Lipinski definition) is 4. The lowest BCUT2D eigenvalue weighted by atomic mass is 10.3. The van der Waals surface area contributed by atoms with E-state index in [2.05, 4.69) is 16.2 Å². The molecule has 5 nitrogen and oxygen atoms in total. The molecule has 1 aromatic rings. The molecule has 0 saturated carbocycles. The van der Waals surface area contributed by atoms with Gasteiger partial charge in [-0.3, -0.25) is 10.9 Å². The fourth-order valence-electron chi connectivity index (χ4n) is 2.18. The molecule has 1 aromatic carbocycles. The summed E-state index contributed by atoms with van der Waals surface area (Å²) in [4.78, 5) is 1.61. The average molecular weight is 330 g/mol. The van der Waals surface area contributed by atoms with Crippen molar-refractivity contribution in [2.75, 3.05) is 44.8 Å². The topological polar surface area (TPSA) is 49.8 Å². The van der Waals surface area contributed by atoms with Crippen molar-refractivity contribution in [1.82, 2.24) is 10.7 Å². The fraction of sp³-hybridized carbons (Fsp3) is 0.500. The summed E-state index contributed by atoms with van der Waals surface area (Å²) >= 11 is 11.3. The van der Waals surface area contributed by atoms with Gasteiger partial charge in [0, 0.05) is 13.0 Å². The van der Waals surface area contributed by atoms with Crippen LogP contribution in [0.4, 0.5) is 5.69 Å². The molecule has 1 heterocycles. The van der Waals surface area contributed by atoms with Crippen LogP contribution in [0.1, 0.15) is 6.42 Å². The van der Waals surface area contributed by atoms with Crippen LogP contribution in [-0.4, -0.2) is 44.5 Å². The van der Waals surface area contributed by atoms with Gasteiger partial charge in [-0.05, 0) is 24.4 Å². The monoisotopic (exact) mass is 329 g/mol. The van der Waals surface area contributed by atoms with Gasteiger partial charge in [-0.25, -0.2) is 0 Å². The lowest BCUT2D eigenvalue weighted by Gasteiger charge is -2.23. The Hall–Kier alpha value is -1.08. The quantitative estimate of drug-likeness (QED) is 0.347. The molecule has 0 amide bonds. The Morgan fingerprint density at radius 1 is 1.29 bits per heavy atom. The molecule has 0 spiro atoms. The van der Waals surface area contributed by atoms with Gasteiger partial charge in [-0.2, -0.15) is 0 Å². The summed E-state index contributed by atoms with van der Waals surface area (Å²) in [6.07, 6.45) is 1.09. The Kier molecular flexibility index (Phi) is 7.02. The summed E-state index contributed by atoms with van der Waals surface area (Å²) < 4.78 is 5.34. The highest BCUT2D eigenvalue weighted by Gasteiger charge is 2.12. The molecule has 1 saturated heterocycles. The van der Waals surface area contributed by atoms with Gasteiger partial charge in [-0.1, -0.05) is 23.7 Å². The first-order valence-electron chi connectivity index (χ1n) is 7.21. The van der Waals surface area contributed by atoms with Gasteiger partial charge in [0.2, 0.25) is 0 Å². The van der Waals surface area contributed by atoms with E-state index in [-0.39, 0.29) is 0 Å². The van der Waals surface area contributed by atoms with E-state index in [9.17, 15) is 0 Å². The van der Waals surface area contributed by atoms with Crippen LogP contribution in [0, 0.1) is 0 Å². The van der Waals surface area contributed by atoms with Gasteiger partial charge < -0.3 is 15.0 Å². The van der Waals surface area contributed by atoms with E-state index in [1.54, 1.807) is 4.90 Å². The molecule has 2 rings (SSSR count). The van der Waals surface area contributed by atoms with Crippen molar-refractivity contribution in [1.29, 1.82) is 0 Å². The van der Waals surface area contributed by atoms with Crippen LogP contribution < -0.4 is 21.1 Å². The zero-order chi connectivity index (χ0) is 14.9. The number of morpholine rings is 1. The number of para-hydroxylation sites is 1. The van der Waals surface area contributed by atoms with E-state index < -0.39 is 0 Å². The molecule has 4 N–H and O–H groups in total. The number of anilines is 1. The normalized spacial score (nSPS) is 15.5. The third-order valence-electron chi connectivity index (χ3n) is 3.38. The van der Waals surface area contributed by atoms with Crippen LogP contribution in [0.3, 0.4) is 0 Å². The largest absolute Gasteiger partial charge is 0.370 e. The second-order valence-electron chi connectivity index (χ2n) is 4.95. The predicted molar refractivity (Wildman–Crippen MR) is 89.8 cm³/mol. The zero-order valence-electron chi connectivity index (χ0n) is 12.0. The Bertz CT molecular complexity index is 454. The third-order valence-corrected chi connectivity index (χ3v) is 3.95. The maximum atomic E-state index is 6.04. The number of halogens is 1. The Morgan fingerprint density at radius 3 is 2.81 bits per heavy atom. The maximum Gasteiger partial charge on any atom is 0.185 e. The van der Waals surface area contributed by atoms with Crippen molar-refractivity contribution in [2.24, 2.45) is 0 Å². The average Bonchev–Trinajstić information content (AvgIpc) is 2.52. The Labute approximate surface area is 136 Å². The van der Waals surface area contributed by atoms with Crippen molar-refractivity contribution in [3.05, 3.63) is 29.3 Å². The summed E-state index contributed by atoms with van der Waals surface area (Å²) in [5.74, 6) is 0. The molecule has 0 unspecified atom stereocenters. The third kappa shape index (κ3) is 6.05. The molecular formula is C14H22ClN4OS+. The predicted octanol–water partition coefficient (Wildman–Crippen LogP) is 0.436. The number of benzene rings is 1. The van der Waals surface area contributed by atoms with Crippen LogP contribution in [0.25, 0.3) is 0 Å². The van der Waals surface area contributed by atoms with E-state index in [1.807, 2.05) is 24.3 Å². The van der Waals surface area contributed by atoms with E-state index in [0.717, 1.165) is 51.5 Å². The molecule has 1 fully saturated rings. The van der Waals surface area contributed by atoms with Crippen LogP contribution in [-0.2, 0) is 4.74 Å². The fourth-order valence-corrected chi connectivity index (χ4v) is 2.52. The molecule has 0 aromatic heterocycles. The number of rotatable bonds is 6. The van der Waals surface area contributed by atoms with Gasteiger partial charge in [0.15, 0.2) is 5.11 Å². The van der Waals surface area contributed by atoms with Gasteiger partial charge in [0.1, 0.15) is 13.1 Å². The van der Waals surface area contributed by atoms with Crippen molar-refractivity contribution in [3.63, 3.8) is 0 Å². The van der Waals surface area contributed by atoms with E-state index in [4.69, 9.17) is 28.6 Å². The summed E-state index contributed by atoms with van der Waals surface area (Å²) in [6, 6.07) is 7.52. The van der Waals surface area contributed by atoms with Crippen LogP contribution in [0.15, 0.2) is 24.3 Å². The van der Waals surface area contributed by atoms with Crippen molar-refractivity contribution in [2.45, 2.75) is 6.42 Å². The number of thiocarbonyl (C=S) groups is 1. The smallest absolute Gasteiger partial charge is 0.185 e. The highest BCUT2D eigenvalue weighted by molar-refractivity contribution is 7.80. The number of ether oxygens (including phenoxy) is 1. The molecule has 0 aliphatic carbocycles. The van der Waals surface area contributed by atoms with E-state index in [1.165, 1.54) is 0 Å². The molecular weight excluding hydrogens is 308 g/mol. The molecule has 1 aliphatic rings. The molecule has 1 aliphatic heterocycles. The lowest BCUT2D eigenvalue weighted by molar-refractivity contribution is -0.908. The Morgan fingerprint density at radius 2 is 2.05 bits per heavy atom. The first kappa shape index (κ1) is 16.3. The summed E-state index contributed by atoms with van der Waals surface area (Å²) in [6.45, 7) is 5.99. The van der Waals surface area contributed by atoms with Gasteiger partial charge in [-0.15, -0.1) is 0 Å². The summed E-state index contributed by atoms with van der Waals surface area (Å²) in [5.41, 5.74) is 6.74. The van der Waals surface area contributed by atoms with Crippen LogP contribution in [0.5, 0.6) is 0 Å². The highest BCUT2D eigenvalue weighted by atomic mass is 35.5. The molecule has 116 valence electrons. The minimum atomic E-state index is 0.576. The standard InChI is InChI=1S/C14H21ClN4OS/c15-12-4-1-2-5-13(12)17-18-14(21)16-6-3-7-19-8-10-20-11-9-19/h1-2,4-5,17H,3,6-11H2,(H2,16,18,21)/p+1. The maximum absolute atomic E-state index is 6.04. The van der Waals surface area contributed by atoms with Gasteiger partial charge in [0.25, 0.3) is 0 Å². The lowest BCUT2D eigenvalue weighted by Crippen LogP contribution is -3.14. The van der Waals surface area contributed by atoms with Crippen LogP contribution >= 0.6 is 23.8 Å². The van der Waals surface area contributed by atoms with Gasteiger partial charge >= 0.3 is 0 Å². The number of hydrogen-bond acceptors (Lipinski definition) is 3. The molecule has 7 heteroatoms. The first-order valence-corrected chi connectivity index (χ1v) is 8.00. The minimum absolute atomic E-state index is 0.576. The molecule has 0 bridgehead atoms. The second-order valence-corrected chi connectivity index (χ2v) is 5.77. The number of hydrazine groups is 1. The molecule has 0 radical (unpaired) electrons.